The van der Waals surface area contributed by atoms with Crippen LogP contribution < -0.4 is 19.5 Å². The van der Waals surface area contributed by atoms with E-state index >= 15 is 0 Å². The van der Waals surface area contributed by atoms with Crippen molar-refractivity contribution in [3.8, 4) is 23.0 Å². The maximum Gasteiger partial charge on any atom is 0.127 e. The predicted molar refractivity (Wildman–Crippen MR) is 103 cm³/mol. The summed E-state index contributed by atoms with van der Waals surface area (Å²) >= 11 is 0. The largest absolute Gasteiger partial charge is 0.496 e. The van der Waals surface area contributed by atoms with Gasteiger partial charge >= 0.3 is 0 Å². The first-order chi connectivity index (χ1) is 12.8. The van der Waals surface area contributed by atoms with Crippen molar-refractivity contribution < 1.29 is 14.2 Å². The average Bonchev–Trinajstić information content (AvgIpc) is 2.70. The van der Waals surface area contributed by atoms with Gasteiger partial charge in [-0.1, -0.05) is 36.4 Å². The Morgan fingerprint density at radius 3 is 1.88 bits per heavy atom. The molecule has 0 saturated carbocycles. The molecule has 4 nitrogen and oxygen atoms in total. The zero-order chi connectivity index (χ0) is 18.2. The molecule has 0 unspecified atom stereocenters. The second kappa shape index (κ2) is 8.92. The number of hydrogen-bond donors (Lipinski definition) is 1. The van der Waals surface area contributed by atoms with Crippen LogP contribution in [0.25, 0.3) is 0 Å². The van der Waals surface area contributed by atoms with E-state index in [-0.39, 0.29) is 0 Å². The van der Waals surface area contributed by atoms with Gasteiger partial charge in [-0.15, -0.1) is 0 Å². The third kappa shape index (κ3) is 4.55. The zero-order valence-corrected chi connectivity index (χ0v) is 15.1. The fraction of sp³-hybridized carbons (Fsp3) is 0.182. The number of hydrogen-bond acceptors (Lipinski definition) is 4. The van der Waals surface area contributed by atoms with Gasteiger partial charge in [0.15, 0.2) is 0 Å². The summed E-state index contributed by atoms with van der Waals surface area (Å²) in [6.45, 7) is 1.41. The lowest BCUT2D eigenvalue weighted by molar-refractivity contribution is 0.382. The minimum Gasteiger partial charge on any atom is -0.496 e. The van der Waals surface area contributed by atoms with Crippen molar-refractivity contribution in [2.45, 2.75) is 13.1 Å². The third-order valence-corrected chi connectivity index (χ3v) is 4.06. The van der Waals surface area contributed by atoms with E-state index in [0.29, 0.717) is 6.54 Å². The molecule has 0 fully saturated rings. The number of ether oxygens (including phenoxy) is 3. The monoisotopic (exact) mass is 349 g/mol. The van der Waals surface area contributed by atoms with Crippen molar-refractivity contribution in [1.29, 1.82) is 0 Å². The van der Waals surface area contributed by atoms with E-state index in [0.717, 1.165) is 35.1 Å². The van der Waals surface area contributed by atoms with Crippen LogP contribution >= 0.6 is 0 Å². The van der Waals surface area contributed by atoms with Gasteiger partial charge in [-0.05, 0) is 42.0 Å². The van der Waals surface area contributed by atoms with Crippen molar-refractivity contribution >= 4 is 0 Å². The standard InChI is InChI=1S/C22H23NO3/c1-24-21-9-6-10-22(25-2)20(21)16-23-15-17-11-13-19(14-12-17)26-18-7-4-3-5-8-18/h3-14,23H,15-16H2,1-2H3. The van der Waals surface area contributed by atoms with Gasteiger partial charge in [0.25, 0.3) is 0 Å². The van der Waals surface area contributed by atoms with Crippen LogP contribution in [0.3, 0.4) is 0 Å². The summed E-state index contributed by atoms with van der Waals surface area (Å²) in [5, 5.41) is 3.44. The van der Waals surface area contributed by atoms with Crippen molar-refractivity contribution in [3.05, 3.63) is 83.9 Å². The Balaban J connectivity index is 1.57. The van der Waals surface area contributed by atoms with Gasteiger partial charge < -0.3 is 19.5 Å². The van der Waals surface area contributed by atoms with Crippen LogP contribution in [0.15, 0.2) is 72.8 Å². The lowest BCUT2D eigenvalue weighted by Gasteiger charge is -2.14. The molecule has 3 aromatic rings. The Hall–Kier alpha value is -2.98. The maximum absolute atomic E-state index is 5.81. The van der Waals surface area contributed by atoms with Crippen LogP contribution in [0.1, 0.15) is 11.1 Å². The summed E-state index contributed by atoms with van der Waals surface area (Å²) in [6.07, 6.45) is 0. The fourth-order valence-corrected chi connectivity index (χ4v) is 2.73. The second-order valence-electron chi connectivity index (χ2n) is 5.80. The van der Waals surface area contributed by atoms with Crippen LogP contribution in [0, 0.1) is 0 Å². The summed E-state index contributed by atoms with van der Waals surface area (Å²) in [5.74, 6) is 3.31. The van der Waals surface area contributed by atoms with Crippen molar-refractivity contribution in [1.82, 2.24) is 5.32 Å². The normalized spacial score (nSPS) is 10.4. The summed E-state index contributed by atoms with van der Waals surface area (Å²) in [6, 6.07) is 23.7. The molecule has 1 N–H and O–H groups in total. The molecule has 4 heteroatoms. The van der Waals surface area contributed by atoms with Gasteiger partial charge in [0.05, 0.1) is 14.2 Å². The summed E-state index contributed by atoms with van der Waals surface area (Å²) in [4.78, 5) is 0. The lowest BCUT2D eigenvalue weighted by atomic mass is 10.1. The molecule has 0 bridgehead atoms. The molecule has 0 saturated heterocycles. The molecular weight excluding hydrogens is 326 g/mol. The van der Waals surface area contributed by atoms with E-state index in [2.05, 4.69) is 17.4 Å². The van der Waals surface area contributed by atoms with Gasteiger partial charge in [0.1, 0.15) is 23.0 Å². The van der Waals surface area contributed by atoms with Crippen LogP contribution in [0.4, 0.5) is 0 Å². The molecule has 0 aliphatic heterocycles. The molecule has 0 amide bonds. The molecule has 0 aliphatic carbocycles. The van der Waals surface area contributed by atoms with Gasteiger partial charge in [-0.3, -0.25) is 0 Å². The van der Waals surface area contributed by atoms with E-state index < -0.39 is 0 Å². The Morgan fingerprint density at radius 2 is 1.27 bits per heavy atom. The topological polar surface area (TPSA) is 39.7 Å². The number of nitrogens with one attached hydrogen (secondary N) is 1. The van der Waals surface area contributed by atoms with Crippen LogP contribution in [-0.2, 0) is 13.1 Å². The molecule has 3 rings (SSSR count). The fourth-order valence-electron chi connectivity index (χ4n) is 2.73. The summed E-state index contributed by atoms with van der Waals surface area (Å²) in [5.41, 5.74) is 2.20. The van der Waals surface area contributed by atoms with E-state index in [1.54, 1.807) is 14.2 Å². The lowest BCUT2D eigenvalue weighted by Crippen LogP contribution is -2.14. The van der Waals surface area contributed by atoms with Crippen LogP contribution in [-0.4, -0.2) is 14.2 Å². The smallest absolute Gasteiger partial charge is 0.127 e. The molecule has 0 spiro atoms. The summed E-state index contributed by atoms with van der Waals surface area (Å²) in [7, 11) is 3.34. The molecule has 0 heterocycles. The molecule has 26 heavy (non-hydrogen) atoms. The molecule has 3 aromatic carbocycles. The highest BCUT2D eigenvalue weighted by Crippen LogP contribution is 2.28. The molecule has 0 aromatic heterocycles. The third-order valence-electron chi connectivity index (χ3n) is 4.06. The van der Waals surface area contributed by atoms with E-state index in [9.17, 15) is 0 Å². The maximum atomic E-state index is 5.81. The number of benzene rings is 3. The first-order valence-electron chi connectivity index (χ1n) is 8.52. The number of rotatable bonds is 8. The minimum absolute atomic E-state index is 0.662. The van der Waals surface area contributed by atoms with Crippen molar-refractivity contribution in [2.24, 2.45) is 0 Å². The Morgan fingerprint density at radius 1 is 0.654 bits per heavy atom. The van der Waals surface area contributed by atoms with E-state index in [1.807, 2.05) is 60.7 Å². The Labute approximate surface area is 154 Å². The SMILES string of the molecule is COc1cccc(OC)c1CNCc1ccc(Oc2ccccc2)cc1. The zero-order valence-electron chi connectivity index (χ0n) is 15.1. The van der Waals surface area contributed by atoms with Crippen LogP contribution in [0.5, 0.6) is 23.0 Å². The van der Waals surface area contributed by atoms with Gasteiger partial charge in [-0.2, -0.15) is 0 Å². The number of methoxy groups -OCH3 is 2. The second-order valence-corrected chi connectivity index (χ2v) is 5.80. The van der Waals surface area contributed by atoms with Gasteiger partial charge in [0.2, 0.25) is 0 Å². The van der Waals surface area contributed by atoms with Crippen molar-refractivity contribution in [3.63, 3.8) is 0 Å². The Bertz CT molecular complexity index is 794. The van der Waals surface area contributed by atoms with Crippen LogP contribution in [0.2, 0.25) is 0 Å². The highest BCUT2D eigenvalue weighted by atomic mass is 16.5. The predicted octanol–water partition coefficient (Wildman–Crippen LogP) is 4.79. The van der Waals surface area contributed by atoms with E-state index in [1.165, 1.54) is 5.56 Å². The first-order valence-corrected chi connectivity index (χ1v) is 8.52. The van der Waals surface area contributed by atoms with Crippen molar-refractivity contribution in [2.75, 3.05) is 14.2 Å². The van der Waals surface area contributed by atoms with Gasteiger partial charge in [0, 0.05) is 18.7 Å². The highest BCUT2D eigenvalue weighted by molar-refractivity contribution is 5.44. The quantitative estimate of drug-likeness (QED) is 0.635. The average molecular weight is 349 g/mol. The molecular formula is C22H23NO3. The van der Waals surface area contributed by atoms with E-state index in [4.69, 9.17) is 14.2 Å². The minimum atomic E-state index is 0.662. The molecule has 0 radical (unpaired) electrons. The summed E-state index contributed by atoms with van der Waals surface area (Å²) < 4.78 is 16.7. The molecule has 0 atom stereocenters. The molecule has 0 aliphatic rings. The molecule has 134 valence electrons. The van der Waals surface area contributed by atoms with Gasteiger partial charge in [-0.25, -0.2) is 0 Å². The highest BCUT2D eigenvalue weighted by Gasteiger charge is 2.09. The Kier molecular flexibility index (Phi) is 6.12. The first kappa shape index (κ1) is 17.8. The number of para-hydroxylation sites is 1.